The first kappa shape index (κ1) is 19.9. The Balaban J connectivity index is 1.50. The van der Waals surface area contributed by atoms with Crippen LogP contribution in [0.2, 0.25) is 0 Å². The number of carboxylic acids is 1. The number of aromatic nitrogens is 2. The number of nitrogens with zero attached hydrogens (tertiary/aromatic N) is 2. The van der Waals surface area contributed by atoms with Crippen molar-refractivity contribution < 1.29 is 24.2 Å². The Kier molecular flexibility index (Phi) is 5.58. The van der Waals surface area contributed by atoms with E-state index in [1.165, 1.54) is 6.42 Å². The molecule has 3 heterocycles. The number of carbonyl (C=O) groups excluding carboxylic acids is 2. The molecule has 3 N–H and O–H groups in total. The fourth-order valence-electron chi connectivity index (χ4n) is 4.88. The summed E-state index contributed by atoms with van der Waals surface area (Å²) in [5.74, 6) is -3.36. The summed E-state index contributed by atoms with van der Waals surface area (Å²) in [5, 5.41) is 19.7. The summed E-state index contributed by atoms with van der Waals surface area (Å²) in [6.07, 6.45) is 7.44. The first-order valence-electron chi connectivity index (χ1n) is 10.6. The number of hydrogen-bond donors (Lipinski definition) is 3. The maximum atomic E-state index is 13.0. The largest absolute Gasteiger partial charge is 0.481 e. The van der Waals surface area contributed by atoms with Gasteiger partial charge in [-0.05, 0) is 32.6 Å². The highest BCUT2D eigenvalue weighted by molar-refractivity contribution is 6.03. The number of fused-ring (bicyclic) bond motifs is 2. The van der Waals surface area contributed by atoms with Crippen LogP contribution in [0.5, 0.6) is 0 Å². The van der Waals surface area contributed by atoms with Gasteiger partial charge >= 0.3 is 5.97 Å². The predicted octanol–water partition coefficient (Wildman–Crippen LogP) is 1.78. The van der Waals surface area contributed by atoms with Crippen LogP contribution in [0.1, 0.15) is 62.4 Å². The molecule has 3 fully saturated rings. The van der Waals surface area contributed by atoms with Gasteiger partial charge in [-0.1, -0.05) is 19.3 Å². The topological polar surface area (TPSA) is 123 Å². The summed E-state index contributed by atoms with van der Waals surface area (Å²) in [5.41, 5.74) is 0.485. The van der Waals surface area contributed by atoms with Crippen molar-refractivity contribution in [3.05, 3.63) is 11.9 Å². The maximum Gasteiger partial charge on any atom is 0.310 e. The molecule has 158 valence electrons. The molecule has 2 aliphatic heterocycles. The van der Waals surface area contributed by atoms with Gasteiger partial charge in [-0.15, -0.1) is 0 Å². The number of ether oxygens (including phenoxy) is 1. The molecule has 1 aliphatic carbocycles. The Hall–Kier alpha value is -2.42. The lowest BCUT2D eigenvalue weighted by atomic mass is 9.78. The molecule has 2 amide bonds. The molecular weight excluding hydrogens is 376 g/mol. The number of aryl methyl sites for hydroxylation is 1. The third kappa shape index (κ3) is 3.88. The Morgan fingerprint density at radius 2 is 1.83 bits per heavy atom. The first-order valence-corrected chi connectivity index (χ1v) is 10.6. The average molecular weight is 404 g/mol. The number of hydrogen-bond acceptors (Lipinski definition) is 5. The SMILES string of the molecule is CCn1cc(NC(=O)[C@@H]2[C@@H](C(=O)O)[C@H]3CC[C@H]2O3)c(C(=O)NC2CCCCC2)n1. The van der Waals surface area contributed by atoms with Gasteiger partial charge in [0.1, 0.15) is 0 Å². The molecule has 1 aromatic rings. The smallest absolute Gasteiger partial charge is 0.310 e. The fraction of sp³-hybridized carbons (Fsp3) is 0.700. The summed E-state index contributed by atoms with van der Waals surface area (Å²) in [4.78, 5) is 37.4. The second-order valence-corrected chi connectivity index (χ2v) is 8.22. The number of carboxylic acid groups (broad SMARTS) is 1. The van der Waals surface area contributed by atoms with Crippen molar-refractivity contribution in [1.29, 1.82) is 0 Å². The van der Waals surface area contributed by atoms with E-state index in [1.54, 1.807) is 10.9 Å². The van der Waals surface area contributed by atoms with Crippen LogP contribution in [0.3, 0.4) is 0 Å². The zero-order chi connectivity index (χ0) is 20.5. The van der Waals surface area contributed by atoms with E-state index in [0.717, 1.165) is 25.7 Å². The minimum atomic E-state index is -1.02. The highest BCUT2D eigenvalue weighted by Gasteiger charge is 2.55. The van der Waals surface area contributed by atoms with Crippen molar-refractivity contribution >= 4 is 23.5 Å². The van der Waals surface area contributed by atoms with Crippen molar-refractivity contribution in [3.63, 3.8) is 0 Å². The normalized spacial score (nSPS) is 29.0. The van der Waals surface area contributed by atoms with E-state index >= 15 is 0 Å². The number of aliphatic carboxylic acids is 1. The van der Waals surface area contributed by atoms with E-state index in [4.69, 9.17) is 4.74 Å². The van der Waals surface area contributed by atoms with Gasteiger partial charge in [0.15, 0.2) is 5.69 Å². The van der Waals surface area contributed by atoms with Crippen LogP contribution in [0.25, 0.3) is 0 Å². The molecule has 0 aromatic carbocycles. The molecule has 0 radical (unpaired) electrons. The lowest BCUT2D eigenvalue weighted by molar-refractivity contribution is -0.147. The average Bonchev–Trinajstić information content (AvgIpc) is 3.42. The molecule has 2 bridgehead atoms. The van der Waals surface area contributed by atoms with E-state index in [2.05, 4.69) is 15.7 Å². The van der Waals surface area contributed by atoms with Crippen molar-refractivity contribution in [2.24, 2.45) is 11.8 Å². The van der Waals surface area contributed by atoms with E-state index in [1.807, 2.05) is 6.92 Å². The van der Waals surface area contributed by atoms with E-state index in [9.17, 15) is 19.5 Å². The van der Waals surface area contributed by atoms with Crippen molar-refractivity contribution in [3.8, 4) is 0 Å². The van der Waals surface area contributed by atoms with Crippen LogP contribution < -0.4 is 10.6 Å². The first-order chi connectivity index (χ1) is 14.0. The van der Waals surface area contributed by atoms with Gasteiger partial charge in [-0.3, -0.25) is 19.1 Å². The van der Waals surface area contributed by atoms with Gasteiger partial charge in [-0.2, -0.15) is 5.10 Å². The zero-order valence-corrected chi connectivity index (χ0v) is 16.6. The third-order valence-electron chi connectivity index (χ3n) is 6.36. The number of rotatable bonds is 6. The number of carbonyl (C=O) groups is 3. The standard InChI is InChI=1S/C20H28N4O5/c1-2-24-10-12(17(23-24)19(26)21-11-6-4-3-5-7-11)22-18(25)15-13-8-9-14(29-13)16(15)20(27)28/h10-11,13-16H,2-9H2,1H3,(H,21,26)(H,22,25)(H,27,28)/t13-,14-,15+,16+/m1/s1. The Morgan fingerprint density at radius 3 is 2.48 bits per heavy atom. The molecular formula is C20H28N4O5. The number of amides is 2. The monoisotopic (exact) mass is 404 g/mol. The van der Waals surface area contributed by atoms with Crippen molar-refractivity contribution in [2.45, 2.75) is 76.7 Å². The van der Waals surface area contributed by atoms with Gasteiger partial charge in [0, 0.05) is 18.8 Å². The molecule has 4 atom stereocenters. The Labute approximate surface area is 169 Å². The van der Waals surface area contributed by atoms with Gasteiger partial charge in [0.25, 0.3) is 5.91 Å². The lowest BCUT2D eigenvalue weighted by Gasteiger charge is -2.24. The van der Waals surface area contributed by atoms with Crippen LogP contribution in [0.4, 0.5) is 5.69 Å². The fourth-order valence-corrected chi connectivity index (χ4v) is 4.88. The number of nitrogens with one attached hydrogen (secondary N) is 2. The summed E-state index contributed by atoms with van der Waals surface area (Å²) < 4.78 is 7.28. The maximum absolute atomic E-state index is 13.0. The molecule has 0 unspecified atom stereocenters. The molecule has 1 saturated carbocycles. The summed E-state index contributed by atoms with van der Waals surface area (Å²) in [6, 6.07) is 0.127. The number of anilines is 1. The van der Waals surface area contributed by atoms with Gasteiger partial charge in [0.05, 0.1) is 29.7 Å². The summed E-state index contributed by atoms with van der Waals surface area (Å²) in [7, 11) is 0. The van der Waals surface area contributed by atoms with Crippen LogP contribution in [-0.2, 0) is 20.9 Å². The van der Waals surface area contributed by atoms with Gasteiger partial charge in [0.2, 0.25) is 5.91 Å². The second-order valence-electron chi connectivity index (χ2n) is 8.22. The molecule has 1 aromatic heterocycles. The molecule has 2 saturated heterocycles. The van der Waals surface area contributed by atoms with Crippen LogP contribution >= 0.6 is 0 Å². The summed E-state index contributed by atoms with van der Waals surface area (Å²) >= 11 is 0. The van der Waals surface area contributed by atoms with E-state index in [0.29, 0.717) is 25.1 Å². The molecule has 4 rings (SSSR count). The summed E-state index contributed by atoms with van der Waals surface area (Å²) in [6.45, 7) is 2.44. The highest BCUT2D eigenvalue weighted by Crippen LogP contribution is 2.44. The minimum Gasteiger partial charge on any atom is -0.481 e. The van der Waals surface area contributed by atoms with Crippen LogP contribution in [-0.4, -0.2) is 50.9 Å². The highest BCUT2D eigenvalue weighted by atomic mass is 16.5. The van der Waals surface area contributed by atoms with Crippen LogP contribution in [0.15, 0.2) is 6.20 Å². The van der Waals surface area contributed by atoms with E-state index in [-0.39, 0.29) is 23.7 Å². The molecule has 3 aliphatic rings. The van der Waals surface area contributed by atoms with Crippen molar-refractivity contribution in [2.75, 3.05) is 5.32 Å². The molecule has 9 nitrogen and oxygen atoms in total. The van der Waals surface area contributed by atoms with Gasteiger partial charge < -0.3 is 20.5 Å². The minimum absolute atomic E-state index is 0.127. The molecule has 0 spiro atoms. The van der Waals surface area contributed by atoms with Gasteiger partial charge in [-0.25, -0.2) is 0 Å². The van der Waals surface area contributed by atoms with E-state index < -0.39 is 29.8 Å². The quantitative estimate of drug-likeness (QED) is 0.664. The Morgan fingerprint density at radius 1 is 1.14 bits per heavy atom. The zero-order valence-electron chi connectivity index (χ0n) is 16.6. The van der Waals surface area contributed by atoms with Crippen molar-refractivity contribution in [1.82, 2.24) is 15.1 Å². The predicted molar refractivity (Wildman–Crippen MR) is 103 cm³/mol. The second kappa shape index (κ2) is 8.14. The lowest BCUT2D eigenvalue weighted by Crippen LogP contribution is -2.41. The third-order valence-corrected chi connectivity index (χ3v) is 6.36. The Bertz CT molecular complexity index is 801. The molecule has 9 heteroatoms. The molecule has 29 heavy (non-hydrogen) atoms. The van der Waals surface area contributed by atoms with Crippen LogP contribution in [0, 0.1) is 11.8 Å².